The molecular formula is C22H26ClF2N3O3S. The van der Waals surface area contributed by atoms with Crippen LogP contribution in [-0.4, -0.2) is 49.5 Å². The number of fused-ring (bicyclic) bond motifs is 2. The highest BCUT2D eigenvalue weighted by atomic mass is 35.5. The van der Waals surface area contributed by atoms with Crippen molar-refractivity contribution in [1.82, 2.24) is 9.88 Å². The molecule has 2 bridgehead atoms. The molecule has 6 nitrogen and oxygen atoms in total. The smallest absolute Gasteiger partial charge is 0.255 e. The minimum Gasteiger partial charge on any atom is -0.340 e. The first kappa shape index (κ1) is 23.2. The zero-order valence-electron chi connectivity index (χ0n) is 17.4. The molecule has 1 saturated carbocycles. The van der Waals surface area contributed by atoms with Gasteiger partial charge in [-0.15, -0.1) is 12.4 Å². The van der Waals surface area contributed by atoms with Crippen molar-refractivity contribution in [3.05, 3.63) is 52.7 Å². The molecule has 0 radical (unpaired) electrons. The van der Waals surface area contributed by atoms with E-state index in [0.29, 0.717) is 30.2 Å². The van der Waals surface area contributed by atoms with Crippen LogP contribution >= 0.6 is 23.0 Å². The third kappa shape index (κ3) is 4.19. The van der Waals surface area contributed by atoms with Gasteiger partial charge in [0, 0.05) is 36.6 Å². The van der Waals surface area contributed by atoms with Crippen molar-refractivity contribution in [2.75, 3.05) is 29.9 Å². The summed E-state index contributed by atoms with van der Waals surface area (Å²) >= 11 is 0. The zero-order valence-corrected chi connectivity index (χ0v) is 19.0. The minimum absolute atomic E-state index is 0. The Morgan fingerprint density at radius 2 is 1.66 bits per heavy atom. The van der Waals surface area contributed by atoms with E-state index in [0.717, 1.165) is 48.9 Å². The van der Waals surface area contributed by atoms with Crippen molar-refractivity contribution >= 4 is 40.4 Å². The van der Waals surface area contributed by atoms with Crippen molar-refractivity contribution < 1.29 is 22.7 Å². The number of hydrogen-bond donors (Lipinski definition) is 3. The normalized spacial score (nSPS) is 24.3. The monoisotopic (exact) mass is 485 g/mol. The molecule has 1 amide bonds. The Hall–Kier alpha value is -1.94. The Balaban J connectivity index is 0.00000245. The average Bonchev–Trinajstić information content (AvgIpc) is 2.77. The quantitative estimate of drug-likeness (QED) is 0.535. The second kappa shape index (κ2) is 8.78. The van der Waals surface area contributed by atoms with Gasteiger partial charge in [-0.1, -0.05) is 0 Å². The largest absolute Gasteiger partial charge is 0.340 e. The summed E-state index contributed by atoms with van der Waals surface area (Å²) in [6.07, 6.45) is 5.67. The highest BCUT2D eigenvalue weighted by molar-refractivity contribution is 8.24. The van der Waals surface area contributed by atoms with E-state index in [1.165, 1.54) is 6.07 Å². The molecule has 1 saturated heterocycles. The van der Waals surface area contributed by atoms with E-state index in [1.54, 1.807) is 11.1 Å². The van der Waals surface area contributed by atoms with Crippen LogP contribution in [0.5, 0.6) is 0 Å². The maximum Gasteiger partial charge on any atom is 0.255 e. The third-order valence-corrected chi connectivity index (χ3v) is 8.45. The van der Waals surface area contributed by atoms with Crippen LogP contribution in [0, 0.1) is 11.6 Å². The molecule has 0 atom stereocenters. The molecule has 4 aliphatic rings. The predicted molar refractivity (Wildman–Crippen MR) is 124 cm³/mol. The lowest BCUT2D eigenvalue weighted by Crippen LogP contribution is -2.43. The second-order valence-corrected chi connectivity index (χ2v) is 11.1. The molecule has 2 heterocycles. The van der Waals surface area contributed by atoms with Crippen molar-refractivity contribution in [3.63, 3.8) is 0 Å². The van der Waals surface area contributed by atoms with Crippen molar-refractivity contribution in [2.24, 2.45) is 0 Å². The van der Waals surface area contributed by atoms with Crippen LogP contribution in [0.2, 0.25) is 0 Å². The standard InChI is InChI=1S/C22H25F2N3O3S.ClH/c23-17-6-5-15(11-18(17)24)26-21-20-14-3-1-13(2-4-14)19(20)16(12-25-21)22(28)27-7-9-31(29,30)10-8-27;/h5-6,11-14,29-30H,1-4,7-10H2,(H,25,26);1H. The predicted octanol–water partition coefficient (Wildman–Crippen LogP) is 5.49. The van der Waals surface area contributed by atoms with Gasteiger partial charge in [0.2, 0.25) is 0 Å². The lowest BCUT2D eigenvalue weighted by atomic mass is 9.66. The molecule has 1 aromatic carbocycles. The SMILES string of the molecule is Cl.O=C(c1cnc(Nc2ccc(F)c(F)c2)c2c1C1CCC2CC1)N1CCS(O)(O)CC1. The molecule has 6 rings (SSSR count). The Morgan fingerprint density at radius 1 is 1.03 bits per heavy atom. The number of pyridine rings is 1. The van der Waals surface area contributed by atoms with Crippen LogP contribution in [0.15, 0.2) is 24.4 Å². The number of hydrogen-bond acceptors (Lipinski definition) is 5. The maximum atomic E-state index is 13.7. The molecule has 174 valence electrons. The molecule has 0 unspecified atom stereocenters. The fraction of sp³-hybridized carbons (Fsp3) is 0.455. The molecule has 2 aromatic rings. The molecule has 3 aliphatic carbocycles. The molecular weight excluding hydrogens is 460 g/mol. The van der Waals surface area contributed by atoms with Crippen molar-refractivity contribution in [1.29, 1.82) is 0 Å². The molecule has 1 aromatic heterocycles. The highest BCUT2D eigenvalue weighted by Gasteiger charge is 2.39. The van der Waals surface area contributed by atoms with E-state index in [1.807, 2.05) is 0 Å². The topological polar surface area (TPSA) is 85.7 Å². The summed E-state index contributed by atoms with van der Waals surface area (Å²) in [4.78, 5) is 19.5. The lowest BCUT2D eigenvalue weighted by molar-refractivity contribution is 0.0764. The summed E-state index contributed by atoms with van der Waals surface area (Å²) < 4.78 is 46.7. The number of benzene rings is 1. The van der Waals surface area contributed by atoms with Crippen LogP contribution in [0.4, 0.5) is 20.3 Å². The minimum atomic E-state index is -2.58. The van der Waals surface area contributed by atoms with Gasteiger partial charge in [-0.3, -0.25) is 13.9 Å². The number of nitrogens with one attached hydrogen (secondary N) is 1. The van der Waals surface area contributed by atoms with Gasteiger partial charge in [0.1, 0.15) is 5.82 Å². The number of rotatable bonds is 3. The third-order valence-electron chi connectivity index (χ3n) is 6.78. The Bertz CT molecular complexity index is 1040. The van der Waals surface area contributed by atoms with E-state index < -0.39 is 22.2 Å². The number of aromatic nitrogens is 1. The number of carbonyl (C=O) groups excluding carboxylic acids is 1. The van der Waals surface area contributed by atoms with Gasteiger partial charge < -0.3 is 10.2 Å². The molecule has 1 aliphatic heterocycles. The Morgan fingerprint density at radius 3 is 2.28 bits per heavy atom. The molecule has 2 fully saturated rings. The molecule has 32 heavy (non-hydrogen) atoms. The van der Waals surface area contributed by atoms with E-state index in [4.69, 9.17) is 0 Å². The van der Waals surface area contributed by atoms with Gasteiger partial charge in [-0.2, -0.15) is 10.6 Å². The van der Waals surface area contributed by atoms with Crippen LogP contribution < -0.4 is 5.32 Å². The summed E-state index contributed by atoms with van der Waals surface area (Å²) in [7, 11) is -2.58. The average molecular weight is 486 g/mol. The summed E-state index contributed by atoms with van der Waals surface area (Å²) in [5, 5.41) is 3.14. The number of halogens is 3. The van der Waals surface area contributed by atoms with Gasteiger partial charge in [-0.25, -0.2) is 13.8 Å². The van der Waals surface area contributed by atoms with E-state index >= 15 is 0 Å². The number of anilines is 2. The van der Waals surface area contributed by atoms with Crippen LogP contribution in [0.1, 0.15) is 59.0 Å². The molecule has 10 heteroatoms. The van der Waals surface area contributed by atoms with E-state index in [-0.39, 0.29) is 41.7 Å². The fourth-order valence-corrected chi connectivity index (χ4v) is 6.38. The summed E-state index contributed by atoms with van der Waals surface area (Å²) in [6, 6.07) is 3.66. The Kier molecular flexibility index (Phi) is 6.37. The van der Waals surface area contributed by atoms with Crippen LogP contribution in [0.3, 0.4) is 0 Å². The number of nitrogens with zero attached hydrogens (tertiary/aromatic N) is 2. The summed E-state index contributed by atoms with van der Waals surface area (Å²) in [5.74, 6) is -0.391. The van der Waals surface area contributed by atoms with E-state index in [9.17, 15) is 22.7 Å². The fourth-order valence-electron chi connectivity index (χ4n) is 5.15. The molecule has 3 N–H and O–H groups in total. The molecule has 0 spiro atoms. The summed E-state index contributed by atoms with van der Waals surface area (Å²) in [6.45, 7) is 0.637. The lowest BCUT2D eigenvalue weighted by Gasteiger charge is -2.43. The maximum absolute atomic E-state index is 13.7. The van der Waals surface area contributed by atoms with Crippen molar-refractivity contribution in [2.45, 2.75) is 37.5 Å². The first-order chi connectivity index (χ1) is 14.8. The zero-order chi connectivity index (χ0) is 21.8. The number of carbonyl (C=O) groups is 1. The first-order valence-electron chi connectivity index (χ1n) is 10.6. The van der Waals surface area contributed by atoms with Gasteiger partial charge >= 0.3 is 0 Å². The van der Waals surface area contributed by atoms with E-state index in [2.05, 4.69) is 10.3 Å². The Labute approximate surface area is 193 Å². The second-order valence-electron chi connectivity index (χ2n) is 8.65. The summed E-state index contributed by atoms with van der Waals surface area (Å²) in [5.41, 5.74) is 3.03. The number of amides is 1. The van der Waals surface area contributed by atoms with Gasteiger partial charge in [0.05, 0.1) is 17.1 Å². The van der Waals surface area contributed by atoms with Crippen LogP contribution in [-0.2, 0) is 0 Å². The van der Waals surface area contributed by atoms with Gasteiger partial charge in [0.25, 0.3) is 5.91 Å². The van der Waals surface area contributed by atoms with Gasteiger partial charge in [0.15, 0.2) is 11.6 Å². The van der Waals surface area contributed by atoms with Gasteiger partial charge in [-0.05, 0) is 55.2 Å². The first-order valence-corrected chi connectivity index (χ1v) is 12.5. The van der Waals surface area contributed by atoms with Crippen LogP contribution in [0.25, 0.3) is 0 Å². The highest BCUT2D eigenvalue weighted by Crippen LogP contribution is 2.53. The van der Waals surface area contributed by atoms with Crippen molar-refractivity contribution in [3.8, 4) is 0 Å².